The first-order chi connectivity index (χ1) is 10.2. The van der Waals surface area contributed by atoms with Gasteiger partial charge in [0, 0.05) is 24.9 Å². The molecule has 0 spiro atoms. The fourth-order valence-electron chi connectivity index (χ4n) is 2.74. The van der Waals surface area contributed by atoms with Crippen molar-refractivity contribution in [1.82, 2.24) is 19.9 Å². The van der Waals surface area contributed by atoms with Gasteiger partial charge in [0.25, 0.3) is 0 Å². The summed E-state index contributed by atoms with van der Waals surface area (Å²) in [4.78, 5) is 4.50. The number of aryl methyl sites for hydroxylation is 1. The van der Waals surface area contributed by atoms with Crippen LogP contribution in [0.15, 0.2) is 28.8 Å². The van der Waals surface area contributed by atoms with E-state index >= 15 is 0 Å². The third-order valence-electron chi connectivity index (χ3n) is 4.06. The molecule has 1 aliphatic carbocycles. The Morgan fingerprint density at radius 1 is 1.38 bits per heavy atom. The second-order valence-corrected chi connectivity index (χ2v) is 5.71. The maximum absolute atomic E-state index is 6.11. The van der Waals surface area contributed by atoms with Crippen LogP contribution < -0.4 is 5.73 Å². The van der Waals surface area contributed by atoms with Gasteiger partial charge < -0.3 is 10.3 Å². The molecule has 1 saturated carbocycles. The molecule has 2 N–H and O–H groups in total. The standard InChI is InChI=1S/C15H17N5O/c1-20-14(10-4-2-3-5-12(10)18-20)15-17-13(21-19-15)8-11(16)9-6-7-9/h2-5,9,11H,6-8,16H2,1H3. The Kier molecular flexibility index (Phi) is 2.78. The van der Waals surface area contributed by atoms with Gasteiger partial charge in [-0.15, -0.1) is 0 Å². The minimum absolute atomic E-state index is 0.126. The zero-order valence-corrected chi connectivity index (χ0v) is 11.9. The molecule has 6 heteroatoms. The van der Waals surface area contributed by atoms with E-state index in [-0.39, 0.29) is 6.04 Å². The molecule has 0 bridgehead atoms. The Morgan fingerprint density at radius 2 is 2.19 bits per heavy atom. The molecule has 2 heterocycles. The van der Waals surface area contributed by atoms with E-state index in [2.05, 4.69) is 15.2 Å². The molecule has 0 radical (unpaired) electrons. The van der Waals surface area contributed by atoms with Crippen molar-refractivity contribution < 1.29 is 4.52 Å². The lowest BCUT2D eigenvalue weighted by Gasteiger charge is -2.04. The largest absolute Gasteiger partial charge is 0.339 e. The molecule has 1 unspecified atom stereocenters. The Morgan fingerprint density at radius 3 is 3.00 bits per heavy atom. The third kappa shape index (κ3) is 2.21. The molecule has 3 aromatic rings. The Balaban J connectivity index is 1.69. The van der Waals surface area contributed by atoms with Gasteiger partial charge in [0.15, 0.2) is 0 Å². The smallest absolute Gasteiger partial charge is 0.228 e. The molecule has 1 atom stereocenters. The van der Waals surface area contributed by atoms with Crippen LogP contribution in [0.3, 0.4) is 0 Å². The predicted molar refractivity (Wildman–Crippen MR) is 78.4 cm³/mol. The van der Waals surface area contributed by atoms with Crippen molar-refractivity contribution in [1.29, 1.82) is 0 Å². The van der Waals surface area contributed by atoms with Gasteiger partial charge in [-0.3, -0.25) is 4.68 Å². The van der Waals surface area contributed by atoms with E-state index in [1.807, 2.05) is 31.3 Å². The maximum atomic E-state index is 6.11. The fraction of sp³-hybridized carbons (Fsp3) is 0.400. The second-order valence-electron chi connectivity index (χ2n) is 5.71. The van der Waals surface area contributed by atoms with Crippen LogP contribution in [-0.4, -0.2) is 26.0 Å². The molecule has 108 valence electrons. The van der Waals surface area contributed by atoms with Crippen LogP contribution in [0.1, 0.15) is 18.7 Å². The summed E-state index contributed by atoms with van der Waals surface area (Å²) < 4.78 is 7.15. The number of fused-ring (bicyclic) bond motifs is 1. The van der Waals surface area contributed by atoms with E-state index < -0.39 is 0 Å². The van der Waals surface area contributed by atoms with E-state index in [1.54, 1.807) is 4.68 Å². The summed E-state index contributed by atoms with van der Waals surface area (Å²) in [6.07, 6.45) is 3.08. The van der Waals surface area contributed by atoms with E-state index in [0.717, 1.165) is 16.6 Å². The predicted octanol–water partition coefficient (Wildman–Crippen LogP) is 1.90. The van der Waals surface area contributed by atoms with Gasteiger partial charge in [-0.2, -0.15) is 10.1 Å². The van der Waals surface area contributed by atoms with Crippen LogP contribution in [0.4, 0.5) is 0 Å². The van der Waals surface area contributed by atoms with Crippen LogP contribution in [0.25, 0.3) is 22.4 Å². The van der Waals surface area contributed by atoms with Gasteiger partial charge in [-0.05, 0) is 24.8 Å². The lowest BCUT2D eigenvalue weighted by Crippen LogP contribution is -2.25. The second kappa shape index (κ2) is 4.66. The van der Waals surface area contributed by atoms with Gasteiger partial charge in [-0.1, -0.05) is 23.4 Å². The van der Waals surface area contributed by atoms with Gasteiger partial charge in [0.2, 0.25) is 11.7 Å². The first-order valence-corrected chi connectivity index (χ1v) is 7.22. The number of hydrogen-bond acceptors (Lipinski definition) is 5. The minimum Gasteiger partial charge on any atom is -0.339 e. The van der Waals surface area contributed by atoms with Crippen molar-refractivity contribution in [2.45, 2.75) is 25.3 Å². The van der Waals surface area contributed by atoms with Gasteiger partial charge in [-0.25, -0.2) is 0 Å². The molecule has 1 aliphatic rings. The van der Waals surface area contributed by atoms with E-state index in [0.29, 0.717) is 24.1 Å². The molecular weight excluding hydrogens is 266 g/mol. The van der Waals surface area contributed by atoms with Crippen LogP contribution in [0, 0.1) is 5.92 Å². The molecule has 6 nitrogen and oxygen atoms in total. The van der Waals surface area contributed by atoms with Gasteiger partial charge in [0.05, 0.1) is 5.52 Å². The highest BCUT2D eigenvalue weighted by Gasteiger charge is 2.30. The average Bonchev–Trinajstić information content (AvgIpc) is 3.15. The SMILES string of the molecule is Cn1nc2ccccc2c1-c1noc(CC(N)C2CC2)n1. The number of nitrogens with zero attached hydrogens (tertiary/aromatic N) is 4. The minimum atomic E-state index is 0.126. The topological polar surface area (TPSA) is 82.8 Å². The summed E-state index contributed by atoms with van der Waals surface area (Å²) in [5, 5.41) is 9.59. The van der Waals surface area contributed by atoms with Crippen LogP contribution in [-0.2, 0) is 13.5 Å². The summed E-state index contributed by atoms with van der Waals surface area (Å²) in [5.74, 6) is 1.80. The molecule has 1 fully saturated rings. The van der Waals surface area contributed by atoms with E-state index in [4.69, 9.17) is 10.3 Å². The van der Waals surface area contributed by atoms with Crippen molar-refractivity contribution in [3.05, 3.63) is 30.2 Å². The van der Waals surface area contributed by atoms with Crippen LogP contribution >= 0.6 is 0 Å². The van der Waals surface area contributed by atoms with Crippen molar-refractivity contribution in [2.24, 2.45) is 18.7 Å². The van der Waals surface area contributed by atoms with E-state index in [9.17, 15) is 0 Å². The quantitative estimate of drug-likeness (QED) is 0.790. The molecule has 1 aromatic carbocycles. The molecule has 2 aromatic heterocycles. The molecule has 0 saturated heterocycles. The Labute approximate surface area is 121 Å². The number of nitrogens with two attached hydrogens (primary N) is 1. The summed E-state index contributed by atoms with van der Waals surface area (Å²) in [6.45, 7) is 0. The third-order valence-corrected chi connectivity index (χ3v) is 4.06. The Bertz CT molecular complexity index is 786. The summed E-state index contributed by atoms with van der Waals surface area (Å²) >= 11 is 0. The number of rotatable bonds is 4. The summed E-state index contributed by atoms with van der Waals surface area (Å²) in [7, 11) is 1.89. The lowest BCUT2D eigenvalue weighted by molar-refractivity contribution is 0.363. The molecular formula is C15H17N5O. The molecule has 21 heavy (non-hydrogen) atoms. The van der Waals surface area contributed by atoms with Crippen LogP contribution in [0.2, 0.25) is 0 Å². The maximum Gasteiger partial charge on any atom is 0.228 e. The van der Waals surface area contributed by atoms with Crippen molar-refractivity contribution in [2.75, 3.05) is 0 Å². The normalized spacial score (nSPS) is 16.5. The van der Waals surface area contributed by atoms with Crippen molar-refractivity contribution >= 4 is 10.9 Å². The van der Waals surface area contributed by atoms with Gasteiger partial charge >= 0.3 is 0 Å². The molecule has 4 rings (SSSR count). The zero-order valence-electron chi connectivity index (χ0n) is 11.9. The van der Waals surface area contributed by atoms with Crippen molar-refractivity contribution in [3.8, 4) is 11.5 Å². The fourth-order valence-corrected chi connectivity index (χ4v) is 2.74. The molecule has 0 amide bonds. The zero-order chi connectivity index (χ0) is 14.4. The average molecular weight is 283 g/mol. The number of hydrogen-bond donors (Lipinski definition) is 1. The van der Waals surface area contributed by atoms with Gasteiger partial charge in [0.1, 0.15) is 5.69 Å². The first-order valence-electron chi connectivity index (χ1n) is 7.22. The monoisotopic (exact) mass is 283 g/mol. The highest BCUT2D eigenvalue weighted by Crippen LogP contribution is 2.33. The summed E-state index contributed by atoms with van der Waals surface area (Å²) in [5.41, 5.74) is 7.92. The number of aromatic nitrogens is 4. The highest BCUT2D eigenvalue weighted by atomic mass is 16.5. The molecule has 0 aliphatic heterocycles. The first kappa shape index (κ1) is 12.5. The van der Waals surface area contributed by atoms with E-state index in [1.165, 1.54) is 12.8 Å². The highest BCUT2D eigenvalue weighted by molar-refractivity contribution is 5.91. The number of benzene rings is 1. The van der Waals surface area contributed by atoms with Crippen molar-refractivity contribution in [3.63, 3.8) is 0 Å². The summed E-state index contributed by atoms with van der Waals surface area (Å²) in [6, 6.07) is 8.07. The Hall–Kier alpha value is -2.21. The lowest BCUT2D eigenvalue weighted by atomic mass is 10.1. The van der Waals surface area contributed by atoms with Crippen LogP contribution in [0.5, 0.6) is 0 Å².